The van der Waals surface area contributed by atoms with Crippen LogP contribution in [0.1, 0.15) is 34.2 Å². The topological polar surface area (TPSA) is 76.5 Å². The normalized spacial score (nSPS) is 10.2. The summed E-state index contributed by atoms with van der Waals surface area (Å²) >= 11 is 2.06. The number of hydrogen-bond donors (Lipinski definition) is 1. The predicted molar refractivity (Wildman–Crippen MR) is 85.1 cm³/mol. The molecule has 108 valence electrons. The fraction of sp³-hybridized carbons (Fsp3) is 0.133. The van der Waals surface area contributed by atoms with Crippen molar-refractivity contribution in [3.63, 3.8) is 0 Å². The Hall–Kier alpha value is -1.96. The lowest BCUT2D eigenvalue weighted by Crippen LogP contribution is -2.00. The van der Waals surface area contributed by atoms with Gasteiger partial charge in [0.15, 0.2) is 5.78 Å². The average molecular weight is 397 g/mol. The lowest BCUT2D eigenvalue weighted by molar-refractivity contribution is 0.0696. The summed E-state index contributed by atoms with van der Waals surface area (Å²) in [5.41, 5.74) is 0.537. The first-order valence-corrected chi connectivity index (χ1v) is 7.29. The summed E-state index contributed by atoms with van der Waals surface area (Å²) < 4.78 is 6.41. The van der Waals surface area contributed by atoms with E-state index in [0.717, 1.165) is 3.57 Å². The second-order valence-corrected chi connectivity index (χ2v) is 5.37. The Labute approximate surface area is 135 Å². The number of aromatic carboxylic acids is 1. The van der Waals surface area contributed by atoms with E-state index >= 15 is 0 Å². The fourth-order valence-corrected chi connectivity index (χ4v) is 2.07. The van der Waals surface area contributed by atoms with Crippen LogP contribution in [0.15, 0.2) is 36.5 Å². The lowest BCUT2D eigenvalue weighted by Gasteiger charge is -2.08. The molecular weight excluding hydrogens is 385 g/mol. The highest BCUT2D eigenvalue weighted by Crippen LogP contribution is 2.27. The molecule has 0 spiro atoms. The number of carboxylic acid groups (broad SMARTS) is 1. The van der Waals surface area contributed by atoms with Gasteiger partial charge in [-0.05, 0) is 52.9 Å². The van der Waals surface area contributed by atoms with Crippen molar-refractivity contribution in [2.24, 2.45) is 0 Å². The summed E-state index contributed by atoms with van der Waals surface area (Å²) in [4.78, 5) is 26.5. The summed E-state index contributed by atoms with van der Waals surface area (Å²) in [6.45, 7) is 1.77. The van der Waals surface area contributed by atoms with Crippen molar-refractivity contribution in [3.8, 4) is 11.5 Å². The number of rotatable bonds is 5. The largest absolute Gasteiger partial charge is 0.478 e. The van der Waals surface area contributed by atoms with Crippen LogP contribution in [0.25, 0.3) is 0 Å². The summed E-state index contributed by atoms with van der Waals surface area (Å²) in [7, 11) is 0. The van der Waals surface area contributed by atoms with Gasteiger partial charge in [0.05, 0.1) is 15.3 Å². The van der Waals surface area contributed by atoms with Gasteiger partial charge in [0, 0.05) is 6.42 Å². The Morgan fingerprint density at radius 2 is 2.05 bits per heavy atom. The molecule has 0 aliphatic rings. The molecule has 0 saturated heterocycles. The van der Waals surface area contributed by atoms with E-state index < -0.39 is 5.97 Å². The SMILES string of the molecule is CCC(=O)c1ccc(Oc2cc(C(=O)O)ccc2I)cn1. The van der Waals surface area contributed by atoms with Crippen LogP contribution in [0.3, 0.4) is 0 Å². The van der Waals surface area contributed by atoms with Gasteiger partial charge in [-0.15, -0.1) is 0 Å². The molecule has 0 aliphatic heterocycles. The molecule has 1 aromatic carbocycles. The number of ketones is 1. The molecular formula is C15H12INO4. The third-order valence-electron chi connectivity index (χ3n) is 2.75. The first kappa shape index (κ1) is 15.4. The highest BCUT2D eigenvalue weighted by atomic mass is 127. The zero-order valence-corrected chi connectivity index (χ0v) is 13.3. The molecule has 2 aromatic rings. The number of aromatic nitrogens is 1. The monoisotopic (exact) mass is 397 g/mol. The maximum atomic E-state index is 11.5. The molecule has 2 rings (SSSR count). The average Bonchev–Trinajstić information content (AvgIpc) is 2.49. The molecule has 1 aromatic heterocycles. The minimum absolute atomic E-state index is 0.0380. The minimum Gasteiger partial charge on any atom is -0.478 e. The Morgan fingerprint density at radius 1 is 1.29 bits per heavy atom. The van der Waals surface area contributed by atoms with E-state index in [1.807, 2.05) is 0 Å². The van der Waals surface area contributed by atoms with Crippen LogP contribution < -0.4 is 4.74 Å². The second-order valence-electron chi connectivity index (χ2n) is 4.21. The number of benzene rings is 1. The molecule has 0 fully saturated rings. The Morgan fingerprint density at radius 3 is 2.62 bits per heavy atom. The van der Waals surface area contributed by atoms with Gasteiger partial charge in [0.25, 0.3) is 0 Å². The molecule has 0 aliphatic carbocycles. The zero-order chi connectivity index (χ0) is 15.4. The van der Waals surface area contributed by atoms with Crippen molar-refractivity contribution in [2.45, 2.75) is 13.3 Å². The third-order valence-corrected chi connectivity index (χ3v) is 3.64. The molecule has 6 heteroatoms. The van der Waals surface area contributed by atoms with Gasteiger partial charge in [-0.3, -0.25) is 4.79 Å². The molecule has 0 amide bonds. The number of halogens is 1. The summed E-state index contributed by atoms with van der Waals surface area (Å²) in [5, 5.41) is 8.98. The maximum Gasteiger partial charge on any atom is 0.335 e. The van der Waals surface area contributed by atoms with E-state index in [0.29, 0.717) is 23.6 Å². The smallest absolute Gasteiger partial charge is 0.335 e. The molecule has 0 radical (unpaired) electrons. The molecule has 0 unspecified atom stereocenters. The number of pyridine rings is 1. The van der Waals surface area contributed by atoms with Crippen molar-refractivity contribution in [3.05, 3.63) is 51.4 Å². The van der Waals surface area contributed by atoms with E-state index in [1.54, 1.807) is 25.1 Å². The van der Waals surface area contributed by atoms with Crippen LogP contribution in [0.5, 0.6) is 11.5 Å². The molecule has 0 bridgehead atoms. The second kappa shape index (κ2) is 6.66. The number of Topliss-reactive ketones (excluding diaryl/α,β-unsaturated/α-hetero) is 1. The standard InChI is InChI=1S/C15H12INO4/c1-2-13(18)12-6-4-10(8-17-12)21-14-7-9(15(19)20)3-5-11(14)16/h3-8H,2H2,1H3,(H,19,20). The number of nitrogens with zero attached hydrogens (tertiary/aromatic N) is 1. The molecule has 1 heterocycles. The van der Waals surface area contributed by atoms with Crippen LogP contribution >= 0.6 is 22.6 Å². The van der Waals surface area contributed by atoms with E-state index in [-0.39, 0.29) is 11.3 Å². The van der Waals surface area contributed by atoms with Gasteiger partial charge in [-0.1, -0.05) is 6.92 Å². The zero-order valence-electron chi connectivity index (χ0n) is 11.2. The first-order valence-electron chi connectivity index (χ1n) is 6.21. The maximum absolute atomic E-state index is 11.5. The van der Waals surface area contributed by atoms with Crippen LogP contribution in [0, 0.1) is 3.57 Å². The lowest BCUT2D eigenvalue weighted by atomic mass is 10.2. The third kappa shape index (κ3) is 3.78. The predicted octanol–water partition coefficient (Wildman–Crippen LogP) is 3.77. The summed E-state index contributed by atoms with van der Waals surface area (Å²) in [6, 6.07) is 7.86. The van der Waals surface area contributed by atoms with Gasteiger partial charge < -0.3 is 9.84 Å². The van der Waals surface area contributed by atoms with Gasteiger partial charge in [-0.25, -0.2) is 9.78 Å². The van der Waals surface area contributed by atoms with Gasteiger partial charge in [-0.2, -0.15) is 0 Å². The highest BCUT2D eigenvalue weighted by Gasteiger charge is 2.10. The number of hydrogen-bond acceptors (Lipinski definition) is 4. The number of carbonyl (C=O) groups excluding carboxylic acids is 1. The van der Waals surface area contributed by atoms with Crippen LogP contribution in [-0.4, -0.2) is 21.8 Å². The Balaban J connectivity index is 2.23. The van der Waals surface area contributed by atoms with Gasteiger partial charge in [0.2, 0.25) is 0 Å². The van der Waals surface area contributed by atoms with Crippen LogP contribution in [0.2, 0.25) is 0 Å². The van der Waals surface area contributed by atoms with E-state index in [1.165, 1.54) is 18.3 Å². The summed E-state index contributed by atoms with van der Waals surface area (Å²) in [5.74, 6) is -0.169. The van der Waals surface area contributed by atoms with Crippen molar-refractivity contribution < 1.29 is 19.4 Å². The Bertz CT molecular complexity index is 683. The van der Waals surface area contributed by atoms with Crippen molar-refractivity contribution in [1.29, 1.82) is 0 Å². The number of carboxylic acids is 1. The molecule has 0 atom stereocenters. The van der Waals surface area contributed by atoms with E-state index in [9.17, 15) is 9.59 Å². The quantitative estimate of drug-likeness (QED) is 0.614. The Kier molecular flexibility index (Phi) is 4.89. The van der Waals surface area contributed by atoms with Crippen molar-refractivity contribution >= 4 is 34.3 Å². The molecule has 21 heavy (non-hydrogen) atoms. The number of ether oxygens (including phenoxy) is 1. The van der Waals surface area contributed by atoms with Crippen LogP contribution in [0.4, 0.5) is 0 Å². The summed E-state index contributed by atoms with van der Waals surface area (Å²) in [6.07, 6.45) is 1.85. The number of carbonyl (C=O) groups is 2. The first-order chi connectivity index (χ1) is 10.0. The van der Waals surface area contributed by atoms with Crippen molar-refractivity contribution in [1.82, 2.24) is 4.98 Å². The van der Waals surface area contributed by atoms with E-state index in [2.05, 4.69) is 27.6 Å². The molecule has 0 saturated carbocycles. The van der Waals surface area contributed by atoms with Gasteiger partial charge >= 0.3 is 5.97 Å². The molecule has 1 N–H and O–H groups in total. The van der Waals surface area contributed by atoms with Crippen molar-refractivity contribution in [2.75, 3.05) is 0 Å². The van der Waals surface area contributed by atoms with E-state index in [4.69, 9.17) is 9.84 Å². The molecule has 5 nitrogen and oxygen atoms in total. The fourth-order valence-electron chi connectivity index (χ4n) is 1.63. The minimum atomic E-state index is -1.02. The van der Waals surface area contributed by atoms with Crippen LogP contribution in [-0.2, 0) is 0 Å². The van der Waals surface area contributed by atoms with Gasteiger partial charge in [0.1, 0.15) is 17.2 Å². The highest BCUT2D eigenvalue weighted by molar-refractivity contribution is 14.1.